The van der Waals surface area contributed by atoms with Gasteiger partial charge < -0.3 is 4.90 Å². The van der Waals surface area contributed by atoms with Crippen LogP contribution in [-0.4, -0.2) is 39.8 Å². The van der Waals surface area contributed by atoms with Crippen LogP contribution in [0.25, 0.3) is 10.7 Å². The number of nitrogens with one attached hydrogen (secondary N) is 1. The summed E-state index contributed by atoms with van der Waals surface area (Å²) < 4.78 is 2.53. The van der Waals surface area contributed by atoms with Crippen molar-refractivity contribution >= 4 is 29.2 Å². The van der Waals surface area contributed by atoms with E-state index >= 15 is 0 Å². The van der Waals surface area contributed by atoms with Gasteiger partial charge in [-0.15, -0.1) is 11.3 Å². The Bertz CT molecular complexity index is 922. The second-order valence-electron chi connectivity index (χ2n) is 7.09. The summed E-state index contributed by atoms with van der Waals surface area (Å²) in [5.74, 6) is 0.845. The zero-order valence-corrected chi connectivity index (χ0v) is 17.2. The minimum absolute atomic E-state index is 0.592. The number of hydrogen-bond acceptors (Lipinski definition) is 5. The summed E-state index contributed by atoms with van der Waals surface area (Å²) in [6.45, 7) is 3.89. The van der Waals surface area contributed by atoms with E-state index in [0.717, 1.165) is 30.3 Å². The Morgan fingerprint density at radius 1 is 1.15 bits per heavy atom. The third-order valence-corrected chi connectivity index (χ3v) is 6.13. The highest BCUT2D eigenvalue weighted by Crippen LogP contribution is 2.25. The fraction of sp³-hybridized carbons (Fsp3) is 0.400. The molecule has 1 fully saturated rings. The van der Waals surface area contributed by atoms with E-state index in [2.05, 4.69) is 62.6 Å². The van der Waals surface area contributed by atoms with E-state index in [1.165, 1.54) is 30.5 Å². The predicted octanol–water partition coefficient (Wildman–Crippen LogP) is 4.75. The van der Waals surface area contributed by atoms with E-state index in [-0.39, 0.29) is 0 Å². The van der Waals surface area contributed by atoms with Gasteiger partial charge in [0.2, 0.25) is 4.77 Å². The number of benzene rings is 1. The van der Waals surface area contributed by atoms with Crippen LogP contribution in [0.2, 0.25) is 0 Å². The summed E-state index contributed by atoms with van der Waals surface area (Å²) in [5, 5.41) is 5.39. The van der Waals surface area contributed by atoms with Crippen molar-refractivity contribution in [2.75, 3.05) is 25.0 Å². The molecule has 1 aromatic carbocycles. The lowest BCUT2D eigenvalue weighted by Gasteiger charge is -2.31. The number of para-hydroxylation sites is 1. The van der Waals surface area contributed by atoms with Crippen molar-refractivity contribution in [2.24, 2.45) is 0 Å². The molecule has 3 aromatic rings. The zero-order valence-electron chi connectivity index (χ0n) is 15.6. The van der Waals surface area contributed by atoms with Crippen LogP contribution >= 0.6 is 23.6 Å². The Hall–Kier alpha value is -1.96. The topological polar surface area (TPSA) is 40.1 Å². The first-order chi connectivity index (χ1) is 13.2. The average molecular weight is 400 g/mol. The second kappa shape index (κ2) is 8.37. The summed E-state index contributed by atoms with van der Waals surface area (Å²) in [6, 6.07) is 12.9. The number of anilines is 1. The minimum atomic E-state index is 0.592. The molecular formula is C20H25N5S2. The van der Waals surface area contributed by atoms with Crippen LogP contribution in [0.3, 0.4) is 0 Å². The number of thiophene rings is 1. The Kier molecular flexibility index (Phi) is 5.71. The molecule has 1 N–H and O–H groups in total. The quantitative estimate of drug-likeness (QED) is 0.607. The fourth-order valence-corrected chi connectivity index (χ4v) is 4.50. The molecule has 5 nitrogen and oxygen atoms in total. The fourth-order valence-electron chi connectivity index (χ4n) is 3.65. The molecule has 0 radical (unpaired) electrons. The van der Waals surface area contributed by atoms with Crippen LogP contribution in [0, 0.1) is 4.77 Å². The molecular weight excluding hydrogens is 374 g/mol. The summed E-state index contributed by atoms with van der Waals surface area (Å²) >= 11 is 7.11. The van der Waals surface area contributed by atoms with Gasteiger partial charge in [-0.1, -0.05) is 24.3 Å². The van der Waals surface area contributed by atoms with E-state index in [9.17, 15) is 0 Å². The van der Waals surface area contributed by atoms with Crippen molar-refractivity contribution < 1.29 is 0 Å². The number of piperidine rings is 1. The number of aromatic amines is 1. The Morgan fingerprint density at radius 3 is 2.74 bits per heavy atom. The lowest BCUT2D eigenvalue weighted by molar-refractivity contribution is 0.244. The molecule has 7 heteroatoms. The molecule has 0 spiro atoms. The maximum Gasteiger partial charge on any atom is 0.217 e. The number of rotatable bonds is 6. The molecule has 0 aliphatic carbocycles. The van der Waals surface area contributed by atoms with E-state index in [1.54, 1.807) is 11.3 Å². The largest absolute Gasteiger partial charge is 0.371 e. The lowest BCUT2D eigenvalue weighted by Crippen LogP contribution is -2.31. The maximum absolute atomic E-state index is 5.45. The highest BCUT2D eigenvalue weighted by Gasteiger charge is 2.15. The average Bonchev–Trinajstić information content (AvgIpc) is 3.33. The van der Waals surface area contributed by atoms with Crippen molar-refractivity contribution in [1.82, 2.24) is 19.7 Å². The minimum Gasteiger partial charge on any atom is -0.371 e. The second-order valence-corrected chi connectivity index (χ2v) is 8.40. The standard InChI is InChI=1S/C20H25N5S2/c1-23(15-25-20(26)21-19(22-25)18-10-7-13-27-18)14-16-8-3-4-9-17(16)24-11-5-2-6-12-24/h3-4,7-10,13H,2,5-6,11-12,14-15H2,1H3,(H,21,22,26). The Labute approximate surface area is 169 Å². The molecule has 1 aliphatic rings. The molecule has 0 atom stereocenters. The monoisotopic (exact) mass is 399 g/mol. The Balaban J connectivity index is 1.47. The molecule has 2 aromatic heterocycles. The van der Waals surface area contributed by atoms with Crippen molar-refractivity contribution in [2.45, 2.75) is 32.5 Å². The van der Waals surface area contributed by atoms with Crippen LogP contribution in [0.1, 0.15) is 24.8 Å². The van der Waals surface area contributed by atoms with Crippen LogP contribution in [0.4, 0.5) is 5.69 Å². The van der Waals surface area contributed by atoms with Crippen molar-refractivity contribution in [3.8, 4) is 10.7 Å². The highest BCUT2D eigenvalue weighted by molar-refractivity contribution is 7.71. The van der Waals surface area contributed by atoms with E-state index in [0.29, 0.717) is 11.4 Å². The summed E-state index contributed by atoms with van der Waals surface area (Å²) in [7, 11) is 2.13. The number of hydrogen-bond donors (Lipinski definition) is 1. The van der Waals surface area contributed by atoms with Crippen LogP contribution in [0.5, 0.6) is 0 Å². The molecule has 0 unspecified atom stereocenters. The van der Waals surface area contributed by atoms with Crippen LogP contribution < -0.4 is 4.90 Å². The normalized spacial score (nSPS) is 14.8. The maximum atomic E-state index is 5.45. The van der Waals surface area contributed by atoms with Gasteiger partial charge >= 0.3 is 0 Å². The number of H-pyrrole nitrogens is 1. The van der Waals surface area contributed by atoms with Crippen molar-refractivity contribution in [1.29, 1.82) is 0 Å². The summed E-state index contributed by atoms with van der Waals surface area (Å²) in [6.07, 6.45) is 3.93. The molecule has 0 bridgehead atoms. The molecule has 3 heterocycles. The highest BCUT2D eigenvalue weighted by atomic mass is 32.1. The predicted molar refractivity (Wildman–Crippen MR) is 115 cm³/mol. The smallest absolute Gasteiger partial charge is 0.217 e. The molecule has 27 heavy (non-hydrogen) atoms. The van der Waals surface area contributed by atoms with Gasteiger partial charge in [0.05, 0.1) is 11.5 Å². The SMILES string of the molecule is CN(Cc1ccccc1N1CCCCC1)Cn1[nH]c(-c2cccs2)nc1=S. The van der Waals surface area contributed by atoms with Gasteiger partial charge in [0, 0.05) is 25.3 Å². The van der Waals surface area contributed by atoms with Gasteiger partial charge in [0.15, 0.2) is 5.82 Å². The van der Waals surface area contributed by atoms with Crippen molar-refractivity contribution in [3.05, 3.63) is 52.1 Å². The molecule has 0 saturated carbocycles. The Morgan fingerprint density at radius 2 is 1.96 bits per heavy atom. The number of nitrogens with zero attached hydrogens (tertiary/aromatic N) is 4. The first kappa shape index (κ1) is 18.4. The van der Waals surface area contributed by atoms with Gasteiger partial charge in [-0.25, -0.2) is 4.68 Å². The molecule has 1 aliphatic heterocycles. The lowest BCUT2D eigenvalue weighted by atomic mass is 10.1. The molecule has 4 rings (SSSR count). The molecule has 1 saturated heterocycles. The van der Waals surface area contributed by atoms with E-state index in [4.69, 9.17) is 12.2 Å². The van der Waals surface area contributed by atoms with Crippen molar-refractivity contribution in [3.63, 3.8) is 0 Å². The van der Waals surface area contributed by atoms with Gasteiger partial charge in [-0.05, 0) is 61.6 Å². The molecule has 142 valence electrons. The van der Waals surface area contributed by atoms with E-state index in [1.807, 2.05) is 10.7 Å². The third kappa shape index (κ3) is 4.31. The molecule has 0 amide bonds. The van der Waals surface area contributed by atoms with Crippen LogP contribution in [0.15, 0.2) is 41.8 Å². The van der Waals surface area contributed by atoms with Gasteiger partial charge in [-0.3, -0.25) is 10.00 Å². The summed E-state index contributed by atoms with van der Waals surface area (Å²) in [4.78, 5) is 10.4. The number of aromatic nitrogens is 3. The van der Waals surface area contributed by atoms with Gasteiger partial charge in [0.25, 0.3) is 0 Å². The van der Waals surface area contributed by atoms with Gasteiger partial charge in [0.1, 0.15) is 0 Å². The zero-order chi connectivity index (χ0) is 18.6. The first-order valence-corrected chi connectivity index (χ1v) is 10.7. The summed E-state index contributed by atoms with van der Waals surface area (Å²) in [5.41, 5.74) is 2.74. The third-order valence-electron chi connectivity index (χ3n) is 4.95. The van der Waals surface area contributed by atoms with E-state index < -0.39 is 0 Å². The van der Waals surface area contributed by atoms with Gasteiger partial charge in [-0.2, -0.15) is 4.98 Å². The first-order valence-electron chi connectivity index (χ1n) is 9.43. The van der Waals surface area contributed by atoms with Crippen LogP contribution in [-0.2, 0) is 13.2 Å².